The minimum Gasteiger partial charge on any atom is -0.311 e. The fourth-order valence-electron chi connectivity index (χ4n) is 2.98. The lowest BCUT2D eigenvalue weighted by Gasteiger charge is -2.49. The van der Waals surface area contributed by atoms with Crippen LogP contribution in [0.15, 0.2) is 0 Å². The number of hydrogen-bond acceptors (Lipinski definition) is 2. The number of nitrogens with zero attached hydrogens (tertiary/aromatic N) is 1. The van der Waals surface area contributed by atoms with Crippen molar-refractivity contribution in [2.45, 2.75) is 51.4 Å². The van der Waals surface area contributed by atoms with Crippen LogP contribution >= 0.6 is 0 Å². The zero-order valence-electron chi connectivity index (χ0n) is 11.3. The molecule has 2 rings (SSSR count). The van der Waals surface area contributed by atoms with Gasteiger partial charge in [0.05, 0.1) is 6.54 Å². The summed E-state index contributed by atoms with van der Waals surface area (Å²) in [6, 6.07) is 0.166. The maximum Gasteiger partial charge on any atom is 0.401 e. The molecule has 1 saturated heterocycles. The third kappa shape index (κ3) is 2.99. The van der Waals surface area contributed by atoms with Crippen LogP contribution in [0.4, 0.5) is 13.2 Å². The summed E-state index contributed by atoms with van der Waals surface area (Å²) in [7, 11) is 0. The van der Waals surface area contributed by atoms with Crippen LogP contribution in [-0.2, 0) is 0 Å². The second-order valence-corrected chi connectivity index (χ2v) is 6.36. The Hall–Kier alpha value is -0.290. The zero-order chi connectivity index (χ0) is 13.6. The molecule has 0 amide bonds. The molecule has 1 N–H and O–H groups in total. The van der Waals surface area contributed by atoms with Crippen molar-refractivity contribution < 1.29 is 13.2 Å². The molecular formula is C13H23F3N2. The maximum atomic E-state index is 12.7. The van der Waals surface area contributed by atoms with E-state index in [1.165, 1.54) is 0 Å². The fourth-order valence-corrected chi connectivity index (χ4v) is 2.98. The van der Waals surface area contributed by atoms with E-state index in [1.807, 2.05) is 6.92 Å². The highest BCUT2D eigenvalue weighted by molar-refractivity contribution is 5.05. The van der Waals surface area contributed by atoms with E-state index < -0.39 is 12.7 Å². The summed E-state index contributed by atoms with van der Waals surface area (Å²) in [6.07, 6.45) is -1.97. The average molecular weight is 264 g/mol. The molecule has 1 heterocycles. The van der Waals surface area contributed by atoms with Crippen LogP contribution in [0, 0.1) is 11.8 Å². The van der Waals surface area contributed by atoms with Crippen molar-refractivity contribution in [2.75, 3.05) is 19.6 Å². The molecule has 5 heteroatoms. The first-order chi connectivity index (χ1) is 8.22. The Morgan fingerprint density at radius 2 is 1.94 bits per heavy atom. The van der Waals surface area contributed by atoms with Crippen molar-refractivity contribution in [3.63, 3.8) is 0 Å². The van der Waals surface area contributed by atoms with Crippen molar-refractivity contribution in [1.29, 1.82) is 0 Å². The van der Waals surface area contributed by atoms with Crippen LogP contribution in [0.25, 0.3) is 0 Å². The van der Waals surface area contributed by atoms with E-state index >= 15 is 0 Å². The molecule has 2 unspecified atom stereocenters. The van der Waals surface area contributed by atoms with Crippen LogP contribution < -0.4 is 5.32 Å². The standard InChI is InChI=1S/C13H23F3N2/c1-9(2)11-6-18(8-13(14,15)16)12(3,7-17-11)10-4-5-10/h9-11,17H,4-8H2,1-3H3. The lowest BCUT2D eigenvalue weighted by Crippen LogP contribution is -2.66. The molecule has 0 aromatic carbocycles. The first-order valence-corrected chi connectivity index (χ1v) is 6.77. The van der Waals surface area contributed by atoms with Crippen LogP contribution in [0.2, 0.25) is 0 Å². The van der Waals surface area contributed by atoms with Crippen molar-refractivity contribution >= 4 is 0 Å². The third-order valence-corrected chi connectivity index (χ3v) is 4.49. The lowest BCUT2D eigenvalue weighted by atomic mass is 9.87. The number of rotatable bonds is 3. The average Bonchev–Trinajstić information content (AvgIpc) is 3.02. The van der Waals surface area contributed by atoms with Gasteiger partial charge in [0, 0.05) is 24.7 Å². The Balaban J connectivity index is 2.10. The molecule has 18 heavy (non-hydrogen) atoms. The molecule has 0 spiro atoms. The van der Waals surface area contributed by atoms with Gasteiger partial charge in [0.2, 0.25) is 0 Å². The van der Waals surface area contributed by atoms with Gasteiger partial charge < -0.3 is 5.32 Å². The van der Waals surface area contributed by atoms with Gasteiger partial charge >= 0.3 is 6.18 Å². The van der Waals surface area contributed by atoms with Crippen LogP contribution in [0.3, 0.4) is 0 Å². The molecular weight excluding hydrogens is 241 g/mol. The van der Waals surface area contributed by atoms with Crippen LogP contribution in [0.5, 0.6) is 0 Å². The second-order valence-electron chi connectivity index (χ2n) is 6.36. The highest BCUT2D eigenvalue weighted by atomic mass is 19.4. The largest absolute Gasteiger partial charge is 0.401 e. The zero-order valence-corrected chi connectivity index (χ0v) is 11.3. The van der Waals surface area contributed by atoms with Gasteiger partial charge in [-0.05, 0) is 31.6 Å². The van der Waals surface area contributed by atoms with Crippen molar-refractivity contribution in [2.24, 2.45) is 11.8 Å². The molecule has 0 radical (unpaired) electrons. The van der Waals surface area contributed by atoms with Gasteiger partial charge in [-0.2, -0.15) is 13.2 Å². The van der Waals surface area contributed by atoms with Crippen LogP contribution in [0.1, 0.15) is 33.6 Å². The van der Waals surface area contributed by atoms with Crippen LogP contribution in [-0.4, -0.2) is 42.3 Å². The van der Waals surface area contributed by atoms with E-state index in [2.05, 4.69) is 19.2 Å². The molecule has 2 aliphatic rings. The molecule has 106 valence electrons. The van der Waals surface area contributed by atoms with E-state index in [4.69, 9.17) is 0 Å². The molecule has 2 nitrogen and oxygen atoms in total. The molecule has 2 fully saturated rings. The third-order valence-electron chi connectivity index (χ3n) is 4.49. The summed E-state index contributed by atoms with van der Waals surface area (Å²) in [5.74, 6) is 0.796. The monoisotopic (exact) mass is 264 g/mol. The Bertz CT molecular complexity index is 299. The molecule has 0 aromatic rings. The fraction of sp³-hybridized carbons (Fsp3) is 1.00. The Labute approximate surface area is 107 Å². The van der Waals surface area contributed by atoms with Gasteiger partial charge in [-0.1, -0.05) is 13.8 Å². The van der Waals surface area contributed by atoms with Gasteiger partial charge in [-0.15, -0.1) is 0 Å². The van der Waals surface area contributed by atoms with E-state index in [-0.39, 0.29) is 11.6 Å². The van der Waals surface area contributed by atoms with Gasteiger partial charge in [-0.3, -0.25) is 4.90 Å². The van der Waals surface area contributed by atoms with Crippen molar-refractivity contribution in [1.82, 2.24) is 10.2 Å². The molecule has 1 aliphatic carbocycles. The highest BCUT2D eigenvalue weighted by Crippen LogP contribution is 2.45. The molecule has 0 bridgehead atoms. The van der Waals surface area contributed by atoms with Gasteiger partial charge in [0.1, 0.15) is 0 Å². The summed E-state index contributed by atoms with van der Waals surface area (Å²) in [4.78, 5) is 1.67. The Morgan fingerprint density at radius 1 is 1.33 bits per heavy atom. The molecule has 1 aliphatic heterocycles. The molecule has 0 aromatic heterocycles. The maximum absolute atomic E-state index is 12.7. The Kier molecular flexibility index (Phi) is 3.67. The molecule has 2 atom stereocenters. The first-order valence-electron chi connectivity index (χ1n) is 6.77. The predicted molar refractivity (Wildman–Crippen MR) is 65.4 cm³/mol. The van der Waals surface area contributed by atoms with E-state index in [0.29, 0.717) is 24.9 Å². The summed E-state index contributed by atoms with van der Waals surface area (Å²) < 4.78 is 38.2. The van der Waals surface area contributed by atoms with Gasteiger partial charge in [0.25, 0.3) is 0 Å². The topological polar surface area (TPSA) is 15.3 Å². The minimum absolute atomic E-state index is 0.166. The highest BCUT2D eigenvalue weighted by Gasteiger charge is 2.51. The normalized spacial score (nSPS) is 35.2. The van der Waals surface area contributed by atoms with Crippen molar-refractivity contribution in [3.05, 3.63) is 0 Å². The first kappa shape index (κ1) is 14.1. The number of piperazine rings is 1. The second kappa shape index (κ2) is 4.67. The number of hydrogen-bond donors (Lipinski definition) is 1. The summed E-state index contributed by atoms with van der Waals surface area (Å²) in [6.45, 7) is 6.51. The summed E-state index contributed by atoms with van der Waals surface area (Å²) in [5.41, 5.74) is -0.319. The number of halogens is 3. The number of nitrogens with one attached hydrogen (secondary N) is 1. The van der Waals surface area contributed by atoms with E-state index in [0.717, 1.165) is 12.8 Å². The van der Waals surface area contributed by atoms with Gasteiger partial charge in [-0.25, -0.2) is 0 Å². The smallest absolute Gasteiger partial charge is 0.311 e. The summed E-state index contributed by atoms with van der Waals surface area (Å²) in [5, 5.41) is 3.44. The number of alkyl halides is 3. The summed E-state index contributed by atoms with van der Waals surface area (Å²) >= 11 is 0. The van der Waals surface area contributed by atoms with Crippen molar-refractivity contribution in [3.8, 4) is 0 Å². The van der Waals surface area contributed by atoms with E-state index in [1.54, 1.807) is 4.90 Å². The SMILES string of the molecule is CC(C)C1CN(CC(F)(F)F)C(C)(C2CC2)CN1. The minimum atomic E-state index is -4.10. The van der Waals surface area contributed by atoms with E-state index in [9.17, 15) is 13.2 Å². The predicted octanol–water partition coefficient (Wildman–Crippen LogP) is 2.65. The lowest BCUT2D eigenvalue weighted by molar-refractivity contribution is -0.166. The van der Waals surface area contributed by atoms with Gasteiger partial charge in [0.15, 0.2) is 0 Å². The Morgan fingerprint density at radius 3 is 2.39 bits per heavy atom. The quantitative estimate of drug-likeness (QED) is 0.843. The molecule has 1 saturated carbocycles.